The standard InChI is InChI=1S/C14H16ClN3O2/c1-3-8-18(10(2)19)9-13-16-14(17-20-13)11-4-6-12(15)7-5-11/h4-7H,3,8-9H2,1-2H3. The van der Waals surface area contributed by atoms with Crippen molar-refractivity contribution >= 4 is 17.5 Å². The van der Waals surface area contributed by atoms with Gasteiger partial charge < -0.3 is 9.42 Å². The smallest absolute Gasteiger partial charge is 0.246 e. The molecule has 0 radical (unpaired) electrons. The number of carbonyl (C=O) groups excluding carboxylic acids is 1. The molecule has 5 nitrogen and oxygen atoms in total. The Morgan fingerprint density at radius 2 is 2.05 bits per heavy atom. The van der Waals surface area contributed by atoms with Crippen LogP contribution in [0.3, 0.4) is 0 Å². The Bertz CT molecular complexity index is 580. The highest BCUT2D eigenvalue weighted by Crippen LogP contribution is 2.19. The molecule has 0 unspecified atom stereocenters. The molecule has 1 aromatic carbocycles. The highest BCUT2D eigenvalue weighted by Gasteiger charge is 2.14. The zero-order chi connectivity index (χ0) is 14.5. The van der Waals surface area contributed by atoms with Crippen molar-refractivity contribution in [2.75, 3.05) is 6.54 Å². The van der Waals surface area contributed by atoms with Crippen molar-refractivity contribution < 1.29 is 9.32 Å². The molecule has 0 aliphatic heterocycles. The molecule has 2 rings (SSSR count). The van der Waals surface area contributed by atoms with E-state index in [0.29, 0.717) is 29.8 Å². The maximum Gasteiger partial charge on any atom is 0.246 e. The summed E-state index contributed by atoms with van der Waals surface area (Å²) in [5.41, 5.74) is 0.828. The Balaban J connectivity index is 2.12. The molecular weight excluding hydrogens is 278 g/mol. The summed E-state index contributed by atoms with van der Waals surface area (Å²) >= 11 is 5.83. The second-order valence-electron chi connectivity index (χ2n) is 4.46. The summed E-state index contributed by atoms with van der Waals surface area (Å²) in [5.74, 6) is 0.924. The summed E-state index contributed by atoms with van der Waals surface area (Å²) in [4.78, 5) is 17.5. The van der Waals surface area contributed by atoms with Crippen LogP contribution in [0.1, 0.15) is 26.2 Å². The van der Waals surface area contributed by atoms with Crippen LogP contribution in [0.2, 0.25) is 5.02 Å². The first-order chi connectivity index (χ1) is 9.60. The lowest BCUT2D eigenvalue weighted by atomic mass is 10.2. The SMILES string of the molecule is CCCN(Cc1nc(-c2ccc(Cl)cc2)no1)C(C)=O. The van der Waals surface area contributed by atoms with E-state index in [2.05, 4.69) is 10.1 Å². The Hall–Kier alpha value is -1.88. The van der Waals surface area contributed by atoms with E-state index in [1.807, 2.05) is 19.1 Å². The third-order valence-electron chi connectivity index (χ3n) is 2.84. The normalized spacial score (nSPS) is 10.6. The maximum absolute atomic E-state index is 11.5. The van der Waals surface area contributed by atoms with Crippen LogP contribution in [-0.2, 0) is 11.3 Å². The molecule has 2 aromatic rings. The average molecular weight is 294 g/mol. The number of benzene rings is 1. The van der Waals surface area contributed by atoms with Crippen LogP contribution in [0, 0.1) is 0 Å². The molecule has 0 atom stereocenters. The Morgan fingerprint density at radius 3 is 2.65 bits per heavy atom. The summed E-state index contributed by atoms with van der Waals surface area (Å²) in [6.45, 7) is 4.56. The van der Waals surface area contributed by atoms with E-state index in [4.69, 9.17) is 16.1 Å². The number of carbonyl (C=O) groups is 1. The van der Waals surface area contributed by atoms with E-state index in [1.165, 1.54) is 6.92 Å². The second-order valence-corrected chi connectivity index (χ2v) is 4.90. The molecule has 6 heteroatoms. The summed E-state index contributed by atoms with van der Waals surface area (Å²) in [6.07, 6.45) is 0.887. The molecule has 0 fully saturated rings. The number of nitrogens with zero attached hydrogens (tertiary/aromatic N) is 3. The van der Waals surface area contributed by atoms with Gasteiger partial charge in [-0.3, -0.25) is 4.79 Å². The highest BCUT2D eigenvalue weighted by molar-refractivity contribution is 6.30. The zero-order valence-electron chi connectivity index (χ0n) is 11.5. The molecule has 1 aromatic heterocycles. The van der Waals surface area contributed by atoms with Crippen LogP contribution < -0.4 is 0 Å². The van der Waals surface area contributed by atoms with Gasteiger partial charge in [0.1, 0.15) is 0 Å². The van der Waals surface area contributed by atoms with Crippen molar-refractivity contribution in [2.45, 2.75) is 26.8 Å². The predicted molar refractivity (Wildman–Crippen MR) is 76.1 cm³/mol. The third-order valence-corrected chi connectivity index (χ3v) is 3.09. The second kappa shape index (κ2) is 6.52. The molecular formula is C14H16ClN3O2. The van der Waals surface area contributed by atoms with Gasteiger partial charge in [0.2, 0.25) is 17.6 Å². The van der Waals surface area contributed by atoms with Crippen LogP contribution in [0.25, 0.3) is 11.4 Å². The van der Waals surface area contributed by atoms with Crippen molar-refractivity contribution in [1.82, 2.24) is 15.0 Å². The Kier molecular flexibility index (Phi) is 4.74. The fourth-order valence-corrected chi connectivity index (χ4v) is 1.94. The van der Waals surface area contributed by atoms with Crippen LogP contribution in [0.4, 0.5) is 0 Å². The average Bonchev–Trinajstić information content (AvgIpc) is 2.87. The van der Waals surface area contributed by atoms with Crippen molar-refractivity contribution in [3.8, 4) is 11.4 Å². The van der Waals surface area contributed by atoms with Crippen LogP contribution >= 0.6 is 11.6 Å². The number of hydrogen-bond acceptors (Lipinski definition) is 4. The van der Waals surface area contributed by atoms with Gasteiger partial charge in [0.15, 0.2) is 0 Å². The van der Waals surface area contributed by atoms with Crippen LogP contribution in [0.15, 0.2) is 28.8 Å². The molecule has 0 aliphatic rings. The van der Waals surface area contributed by atoms with Crippen molar-refractivity contribution in [3.63, 3.8) is 0 Å². The molecule has 20 heavy (non-hydrogen) atoms. The lowest BCUT2D eigenvalue weighted by Gasteiger charge is -2.17. The fourth-order valence-electron chi connectivity index (χ4n) is 1.82. The van der Waals surface area contributed by atoms with Gasteiger partial charge in [-0.15, -0.1) is 0 Å². The first-order valence-electron chi connectivity index (χ1n) is 6.44. The van der Waals surface area contributed by atoms with Gasteiger partial charge in [0.25, 0.3) is 0 Å². The summed E-state index contributed by atoms with van der Waals surface area (Å²) in [5, 5.41) is 4.58. The summed E-state index contributed by atoms with van der Waals surface area (Å²) in [6, 6.07) is 7.19. The lowest BCUT2D eigenvalue weighted by molar-refractivity contribution is -0.129. The molecule has 106 valence electrons. The van der Waals surface area contributed by atoms with Gasteiger partial charge in [-0.25, -0.2) is 0 Å². The van der Waals surface area contributed by atoms with Crippen molar-refractivity contribution in [3.05, 3.63) is 35.2 Å². The van der Waals surface area contributed by atoms with E-state index in [9.17, 15) is 4.79 Å². The van der Waals surface area contributed by atoms with Gasteiger partial charge in [0, 0.05) is 24.1 Å². The number of aromatic nitrogens is 2. The van der Waals surface area contributed by atoms with Gasteiger partial charge in [0.05, 0.1) is 6.54 Å². The molecule has 1 heterocycles. The predicted octanol–water partition coefficient (Wildman–Crippen LogP) is 3.15. The monoisotopic (exact) mass is 293 g/mol. The van der Waals surface area contributed by atoms with E-state index >= 15 is 0 Å². The van der Waals surface area contributed by atoms with Crippen molar-refractivity contribution in [2.24, 2.45) is 0 Å². The van der Waals surface area contributed by atoms with Crippen LogP contribution in [0.5, 0.6) is 0 Å². The molecule has 0 spiro atoms. The van der Waals surface area contributed by atoms with E-state index < -0.39 is 0 Å². The minimum absolute atomic E-state index is 0.00177. The largest absolute Gasteiger partial charge is 0.337 e. The van der Waals surface area contributed by atoms with Gasteiger partial charge in [-0.2, -0.15) is 4.98 Å². The minimum Gasteiger partial charge on any atom is -0.337 e. The minimum atomic E-state index is -0.00177. The van der Waals surface area contributed by atoms with Gasteiger partial charge in [-0.05, 0) is 30.7 Å². The topological polar surface area (TPSA) is 59.2 Å². The molecule has 0 saturated carbocycles. The first kappa shape index (κ1) is 14.5. The van der Waals surface area contributed by atoms with Gasteiger partial charge >= 0.3 is 0 Å². The zero-order valence-corrected chi connectivity index (χ0v) is 12.2. The van der Waals surface area contributed by atoms with Crippen LogP contribution in [-0.4, -0.2) is 27.5 Å². The highest BCUT2D eigenvalue weighted by atomic mass is 35.5. The number of rotatable bonds is 5. The van der Waals surface area contributed by atoms with E-state index in [-0.39, 0.29) is 5.91 Å². The number of hydrogen-bond donors (Lipinski definition) is 0. The number of halogens is 1. The lowest BCUT2D eigenvalue weighted by Crippen LogP contribution is -2.29. The Morgan fingerprint density at radius 1 is 1.35 bits per heavy atom. The quantitative estimate of drug-likeness (QED) is 0.849. The molecule has 0 N–H and O–H groups in total. The van der Waals surface area contributed by atoms with Crippen molar-refractivity contribution in [1.29, 1.82) is 0 Å². The van der Waals surface area contributed by atoms with E-state index in [0.717, 1.165) is 12.0 Å². The molecule has 0 bridgehead atoms. The number of amides is 1. The maximum atomic E-state index is 11.5. The summed E-state index contributed by atoms with van der Waals surface area (Å²) in [7, 11) is 0. The molecule has 0 saturated heterocycles. The van der Waals surface area contributed by atoms with Gasteiger partial charge in [-0.1, -0.05) is 23.7 Å². The Labute approximate surface area is 122 Å². The molecule has 1 amide bonds. The fraction of sp³-hybridized carbons (Fsp3) is 0.357. The first-order valence-corrected chi connectivity index (χ1v) is 6.82. The summed E-state index contributed by atoms with van der Waals surface area (Å²) < 4.78 is 5.19. The molecule has 0 aliphatic carbocycles. The van der Waals surface area contributed by atoms with E-state index in [1.54, 1.807) is 17.0 Å². The third kappa shape index (κ3) is 3.57.